The first-order valence-corrected chi connectivity index (χ1v) is 11.5. The summed E-state index contributed by atoms with van der Waals surface area (Å²) in [7, 11) is 0. The van der Waals surface area contributed by atoms with E-state index in [1.54, 1.807) is 4.90 Å². The van der Waals surface area contributed by atoms with Gasteiger partial charge in [-0.3, -0.25) is 14.4 Å². The van der Waals surface area contributed by atoms with Crippen LogP contribution in [-0.2, 0) is 17.8 Å². The van der Waals surface area contributed by atoms with E-state index in [9.17, 15) is 14.4 Å². The number of likely N-dealkylation sites (tertiary alicyclic amines) is 1. The third-order valence-corrected chi connectivity index (χ3v) is 7.20. The van der Waals surface area contributed by atoms with Crippen molar-refractivity contribution in [3.63, 3.8) is 0 Å². The number of H-pyrrole nitrogens is 1. The summed E-state index contributed by atoms with van der Waals surface area (Å²) in [6.07, 6.45) is 3.07. The van der Waals surface area contributed by atoms with E-state index in [2.05, 4.69) is 4.98 Å². The van der Waals surface area contributed by atoms with Crippen molar-refractivity contribution in [2.75, 3.05) is 13.1 Å². The van der Waals surface area contributed by atoms with Crippen LogP contribution in [0.2, 0.25) is 0 Å². The number of nitrogens with one attached hydrogen (secondary N) is 1. The Kier molecular flexibility index (Phi) is 5.77. The Labute approximate surface area is 180 Å². The van der Waals surface area contributed by atoms with E-state index in [-0.39, 0.29) is 35.9 Å². The van der Waals surface area contributed by atoms with Gasteiger partial charge < -0.3 is 14.8 Å². The van der Waals surface area contributed by atoms with Crippen LogP contribution in [0.5, 0.6) is 0 Å². The summed E-state index contributed by atoms with van der Waals surface area (Å²) in [5, 5.41) is 0. The third-order valence-electron chi connectivity index (χ3n) is 6.21. The van der Waals surface area contributed by atoms with Gasteiger partial charge in [0.15, 0.2) is 0 Å². The van der Waals surface area contributed by atoms with Gasteiger partial charge in [-0.05, 0) is 38.3 Å². The molecule has 1 saturated heterocycles. The van der Waals surface area contributed by atoms with Crippen LogP contribution in [0.3, 0.4) is 0 Å². The highest BCUT2D eigenvalue weighted by atomic mass is 32.1. The standard InChI is InChI=1S/C22H28N4O3S/c1-4-13(2)21(28)26-10-5-6-17(26)19-23-16-9-11-25(12-15(16)20(27)24-19)22(29)18-8-7-14(3)30-18/h7-8,13,17H,4-6,9-12H2,1-3H3,(H,23,24,27)/t13-,17-/m1/s1. The van der Waals surface area contributed by atoms with E-state index < -0.39 is 0 Å². The minimum absolute atomic E-state index is 0.0320. The summed E-state index contributed by atoms with van der Waals surface area (Å²) >= 11 is 1.47. The lowest BCUT2D eigenvalue weighted by Gasteiger charge is -2.30. The van der Waals surface area contributed by atoms with Crippen LogP contribution in [-0.4, -0.2) is 44.7 Å². The molecule has 0 radical (unpaired) electrons. The number of fused-ring (bicyclic) bond motifs is 1. The molecule has 2 atom stereocenters. The van der Waals surface area contributed by atoms with E-state index in [1.165, 1.54) is 11.3 Å². The van der Waals surface area contributed by atoms with Gasteiger partial charge in [0.1, 0.15) is 5.82 Å². The van der Waals surface area contributed by atoms with Crippen LogP contribution in [0.15, 0.2) is 16.9 Å². The van der Waals surface area contributed by atoms with Gasteiger partial charge in [-0.1, -0.05) is 13.8 Å². The Morgan fingerprint density at radius 2 is 2.13 bits per heavy atom. The van der Waals surface area contributed by atoms with Gasteiger partial charge in [0, 0.05) is 30.3 Å². The monoisotopic (exact) mass is 428 g/mol. The smallest absolute Gasteiger partial charge is 0.264 e. The minimum atomic E-state index is -0.197. The lowest BCUT2D eigenvalue weighted by Crippen LogP contribution is -2.41. The van der Waals surface area contributed by atoms with Gasteiger partial charge in [-0.15, -0.1) is 11.3 Å². The number of aromatic nitrogens is 2. The molecule has 4 rings (SSSR count). The molecule has 7 nitrogen and oxygen atoms in total. The summed E-state index contributed by atoms with van der Waals surface area (Å²) in [6, 6.07) is 3.61. The maximum atomic E-state index is 12.9. The molecule has 0 bridgehead atoms. The molecule has 0 saturated carbocycles. The number of amides is 2. The van der Waals surface area contributed by atoms with Crippen LogP contribution in [0.1, 0.15) is 70.8 Å². The molecule has 0 aromatic carbocycles. The Morgan fingerprint density at radius 3 is 2.83 bits per heavy atom. The Bertz CT molecular complexity index is 1030. The number of aryl methyl sites for hydroxylation is 1. The predicted octanol–water partition coefficient (Wildman–Crippen LogP) is 3.05. The molecule has 2 aliphatic rings. The van der Waals surface area contributed by atoms with Gasteiger partial charge in [0.05, 0.1) is 28.7 Å². The molecule has 30 heavy (non-hydrogen) atoms. The average molecular weight is 429 g/mol. The zero-order chi connectivity index (χ0) is 21.4. The van der Waals surface area contributed by atoms with E-state index >= 15 is 0 Å². The highest BCUT2D eigenvalue weighted by molar-refractivity contribution is 7.13. The van der Waals surface area contributed by atoms with Crippen LogP contribution >= 0.6 is 11.3 Å². The van der Waals surface area contributed by atoms with Crippen molar-refractivity contribution in [1.82, 2.24) is 19.8 Å². The highest BCUT2D eigenvalue weighted by Gasteiger charge is 2.35. The van der Waals surface area contributed by atoms with Crippen molar-refractivity contribution in [1.29, 1.82) is 0 Å². The molecule has 0 unspecified atom stereocenters. The molecule has 1 fully saturated rings. The van der Waals surface area contributed by atoms with Gasteiger partial charge in [-0.2, -0.15) is 0 Å². The van der Waals surface area contributed by atoms with Crippen molar-refractivity contribution < 1.29 is 9.59 Å². The largest absolute Gasteiger partial charge is 0.333 e. The fraction of sp³-hybridized carbons (Fsp3) is 0.545. The number of nitrogens with zero attached hydrogens (tertiary/aromatic N) is 3. The fourth-order valence-electron chi connectivity index (χ4n) is 4.25. The van der Waals surface area contributed by atoms with E-state index in [4.69, 9.17) is 4.98 Å². The quantitative estimate of drug-likeness (QED) is 0.811. The minimum Gasteiger partial charge on any atom is -0.333 e. The summed E-state index contributed by atoms with van der Waals surface area (Å²) in [6.45, 7) is 7.45. The first kappa shape index (κ1) is 20.8. The van der Waals surface area contributed by atoms with Crippen LogP contribution < -0.4 is 5.56 Å². The zero-order valence-electron chi connectivity index (χ0n) is 17.7. The van der Waals surface area contributed by atoms with Gasteiger partial charge in [0.25, 0.3) is 11.5 Å². The number of hydrogen-bond donors (Lipinski definition) is 1. The molecule has 1 N–H and O–H groups in total. The number of aromatic amines is 1. The van der Waals surface area contributed by atoms with Crippen LogP contribution in [0.25, 0.3) is 0 Å². The average Bonchev–Trinajstić information content (AvgIpc) is 3.41. The summed E-state index contributed by atoms with van der Waals surface area (Å²) in [5.41, 5.74) is 1.12. The molecule has 2 aromatic heterocycles. The molecular formula is C22H28N4O3S. The van der Waals surface area contributed by atoms with Crippen molar-refractivity contribution in [2.45, 2.75) is 59.0 Å². The van der Waals surface area contributed by atoms with Crippen molar-refractivity contribution in [2.24, 2.45) is 5.92 Å². The Hall–Kier alpha value is -2.48. The summed E-state index contributed by atoms with van der Waals surface area (Å²) < 4.78 is 0. The second-order valence-corrected chi connectivity index (χ2v) is 9.55. The SMILES string of the molecule is CC[C@@H](C)C(=O)N1CCC[C@@H]1c1nc2c(c(=O)[nH]1)CN(C(=O)c1ccc(C)s1)CC2. The molecule has 8 heteroatoms. The number of hydrogen-bond acceptors (Lipinski definition) is 5. The lowest BCUT2D eigenvalue weighted by atomic mass is 10.0. The lowest BCUT2D eigenvalue weighted by molar-refractivity contribution is -0.136. The summed E-state index contributed by atoms with van der Waals surface area (Å²) in [5.74, 6) is 0.642. The molecule has 160 valence electrons. The number of carbonyl (C=O) groups is 2. The molecule has 2 aliphatic heterocycles. The van der Waals surface area contributed by atoms with Crippen molar-refractivity contribution in [3.05, 3.63) is 49.3 Å². The van der Waals surface area contributed by atoms with Gasteiger partial charge >= 0.3 is 0 Å². The zero-order valence-corrected chi connectivity index (χ0v) is 18.6. The van der Waals surface area contributed by atoms with Gasteiger partial charge in [0.2, 0.25) is 5.91 Å². The molecule has 2 aromatic rings. The molecule has 4 heterocycles. The Balaban J connectivity index is 1.57. The van der Waals surface area contributed by atoms with E-state index in [0.717, 1.165) is 29.8 Å². The summed E-state index contributed by atoms with van der Waals surface area (Å²) in [4.78, 5) is 51.5. The first-order chi connectivity index (χ1) is 14.4. The van der Waals surface area contributed by atoms with Gasteiger partial charge in [-0.25, -0.2) is 4.98 Å². The number of thiophene rings is 1. The van der Waals surface area contributed by atoms with Crippen molar-refractivity contribution >= 4 is 23.2 Å². The predicted molar refractivity (Wildman–Crippen MR) is 116 cm³/mol. The molecule has 2 amide bonds. The number of carbonyl (C=O) groups excluding carboxylic acids is 2. The maximum Gasteiger partial charge on any atom is 0.264 e. The molecule has 0 spiro atoms. The fourth-order valence-corrected chi connectivity index (χ4v) is 5.09. The number of rotatable bonds is 4. The third kappa shape index (κ3) is 3.80. The molecule has 0 aliphatic carbocycles. The van der Waals surface area contributed by atoms with Crippen LogP contribution in [0, 0.1) is 12.8 Å². The van der Waals surface area contributed by atoms with E-state index in [1.807, 2.05) is 37.8 Å². The maximum absolute atomic E-state index is 12.9. The van der Waals surface area contributed by atoms with Crippen molar-refractivity contribution in [3.8, 4) is 0 Å². The van der Waals surface area contributed by atoms with E-state index in [0.29, 0.717) is 35.8 Å². The topological polar surface area (TPSA) is 86.4 Å². The normalized spacial score (nSPS) is 19.6. The first-order valence-electron chi connectivity index (χ1n) is 10.7. The second kappa shape index (κ2) is 8.34. The van der Waals surface area contributed by atoms with Crippen LogP contribution in [0.4, 0.5) is 0 Å². The molecular weight excluding hydrogens is 400 g/mol. The Morgan fingerprint density at radius 1 is 1.33 bits per heavy atom. The highest BCUT2D eigenvalue weighted by Crippen LogP contribution is 2.32. The second-order valence-electron chi connectivity index (χ2n) is 8.26.